The van der Waals surface area contributed by atoms with Crippen LogP contribution >= 0.6 is 0 Å². The van der Waals surface area contributed by atoms with Gasteiger partial charge < -0.3 is 10.3 Å². The highest BCUT2D eigenvalue weighted by molar-refractivity contribution is 5.80. The van der Waals surface area contributed by atoms with Gasteiger partial charge in [-0.2, -0.15) is 4.98 Å². The van der Waals surface area contributed by atoms with E-state index in [2.05, 4.69) is 51.6 Å². The molecule has 0 saturated carbocycles. The molecule has 3 N–H and O–H groups in total. The van der Waals surface area contributed by atoms with Crippen molar-refractivity contribution >= 4 is 17.0 Å². The summed E-state index contributed by atoms with van der Waals surface area (Å²) in [6.45, 7) is 6.39. The summed E-state index contributed by atoms with van der Waals surface area (Å²) < 4.78 is 2.14. The van der Waals surface area contributed by atoms with Gasteiger partial charge in [0.25, 0.3) is 0 Å². The zero-order valence-electron chi connectivity index (χ0n) is 11.2. The highest BCUT2D eigenvalue weighted by Gasteiger charge is 2.23. The summed E-state index contributed by atoms with van der Waals surface area (Å²) in [4.78, 5) is 8.81. The summed E-state index contributed by atoms with van der Waals surface area (Å²) in [5.74, 6) is 1.56. The van der Waals surface area contributed by atoms with Crippen molar-refractivity contribution in [2.24, 2.45) is 0 Å². The molecule has 3 aromatic rings. The number of rotatable bonds is 1. The van der Waals surface area contributed by atoms with Crippen LogP contribution in [0.4, 0.5) is 5.95 Å². The molecule has 0 saturated heterocycles. The van der Waals surface area contributed by atoms with Gasteiger partial charge in [0, 0.05) is 5.54 Å². The van der Waals surface area contributed by atoms with E-state index in [1.165, 1.54) is 0 Å². The maximum Gasteiger partial charge on any atom is 0.239 e. The molecule has 2 heterocycles. The van der Waals surface area contributed by atoms with Crippen molar-refractivity contribution in [1.82, 2.24) is 24.7 Å². The van der Waals surface area contributed by atoms with Gasteiger partial charge in [0.2, 0.25) is 5.95 Å². The van der Waals surface area contributed by atoms with Crippen LogP contribution in [0.15, 0.2) is 24.3 Å². The molecular formula is C13H16N6. The molecule has 0 radical (unpaired) electrons. The molecule has 3 rings (SSSR count). The fourth-order valence-corrected chi connectivity index (χ4v) is 2.24. The van der Waals surface area contributed by atoms with Crippen molar-refractivity contribution in [3.63, 3.8) is 0 Å². The van der Waals surface area contributed by atoms with Gasteiger partial charge in [0.15, 0.2) is 11.6 Å². The first-order valence-electron chi connectivity index (χ1n) is 6.13. The van der Waals surface area contributed by atoms with Crippen molar-refractivity contribution in [2.75, 3.05) is 5.73 Å². The van der Waals surface area contributed by atoms with Crippen molar-refractivity contribution in [3.05, 3.63) is 24.3 Å². The Morgan fingerprint density at radius 2 is 1.89 bits per heavy atom. The SMILES string of the molecule is CC(C)(C)n1c(-c2nc(N)n[nH]2)nc2ccccc21. The highest BCUT2D eigenvalue weighted by atomic mass is 15.3. The number of nitrogens with two attached hydrogens (primary N) is 1. The molecule has 0 bridgehead atoms. The molecule has 0 spiro atoms. The first-order chi connectivity index (χ1) is 8.97. The second kappa shape index (κ2) is 3.81. The van der Waals surface area contributed by atoms with Crippen LogP contribution in [0.3, 0.4) is 0 Å². The van der Waals surface area contributed by atoms with E-state index < -0.39 is 0 Å². The van der Waals surface area contributed by atoms with Crippen LogP contribution in [0.5, 0.6) is 0 Å². The second-order valence-corrected chi connectivity index (χ2v) is 5.47. The zero-order chi connectivity index (χ0) is 13.6. The summed E-state index contributed by atoms with van der Waals surface area (Å²) >= 11 is 0. The van der Waals surface area contributed by atoms with Gasteiger partial charge in [0.1, 0.15) is 0 Å². The smallest absolute Gasteiger partial charge is 0.239 e. The molecule has 0 unspecified atom stereocenters. The van der Waals surface area contributed by atoms with Gasteiger partial charge in [-0.15, -0.1) is 5.10 Å². The molecule has 19 heavy (non-hydrogen) atoms. The second-order valence-electron chi connectivity index (χ2n) is 5.47. The number of anilines is 1. The lowest BCUT2D eigenvalue weighted by Gasteiger charge is -2.23. The Hall–Kier alpha value is -2.37. The number of hydrogen-bond donors (Lipinski definition) is 2. The average Bonchev–Trinajstić information content (AvgIpc) is 2.90. The highest BCUT2D eigenvalue weighted by Crippen LogP contribution is 2.29. The molecule has 0 fully saturated rings. The van der Waals surface area contributed by atoms with E-state index in [1.54, 1.807) is 0 Å². The lowest BCUT2D eigenvalue weighted by molar-refractivity contribution is 0.412. The molecule has 0 aliphatic heterocycles. The first-order valence-corrected chi connectivity index (χ1v) is 6.13. The van der Waals surface area contributed by atoms with Crippen molar-refractivity contribution in [3.8, 4) is 11.6 Å². The lowest BCUT2D eigenvalue weighted by Crippen LogP contribution is -2.22. The van der Waals surface area contributed by atoms with Crippen LogP contribution in [0, 0.1) is 0 Å². The van der Waals surface area contributed by atoms with Crippen LogP contribution in [-0.4, -0.2) is 24.7 Å². The Bertz CT molecular complexity index is 731. The van der Waals surface area contributed by atoms with Gasteiger partial charge >= 0.3 is 0 Å². The van der Waals surface area contributed by atoms with Crippen LogP contribution in [0.25, 0.3) is 22.7 Å². The van der Waals surface area contributed by atoms with E-state index in [4.69, 9.17) is 5.73 Å². The largest absolute Gasteiger partial charge is 0.366 e. The van der Waals surface area contributed by atoms with Crippen LogP contribution in [0.2, 0.25) is 0 Å². The Balaban J connectivity index is 2.35. The Morgan fingerprint density at radius 3 is 2.53 bits per heavy atom. The third-order valence-electron chi connectivity index (χ3n) is 2.95. The Morgan fingerprint density at radius 1 is 1.16 bits per heavy atom. The summed E-state index contributed by atoms with van der Waals surface area (Å²) in [5, 5.41) is 6.70. The minimum atomic E-state index is -0.118. The predicted molar refractivity (Wildman–Crippen MR) is 74.5 cm³/mol. The minimum absolute atomic E-state index is 0.118. The zero-order valence-corrected chi connectivity index (χ0v) is 11.2. The number of H-pyrrole nitrogens is 1. The summed E-state index contributed by atoms with van der Waals surface area (Å²) in [5.41, 5.74) is 7.46. The molecule has 0 atom stereocenters. The fraction of sp³-hybridized carbons (Fsp3) is 0.308. The number of imidazole rings is 1. The molecule has 0 aliphatic carbocycles. The topological polar surface area (TPSA) is 85.4 Å². The van der Waals surface area contributed by atoms with Gasteiger partial charge in [-0.05, 0) is 32.9 Å². The van der Waals surface area contributed by atoms with Crippen molar-refractivity contribution in [1.29, 1.82) is 0 Å². The predicted octanol–water partition coefficient (Wildman–Crippen LogP) is 2.16. The third kappa shape index (κ3) is 1.85. The molecular weight excluding hydrogens is 240 g/mol. The summed E-state index contributed by atoms with van der Waals surface area (Å²) in [6.07, 6.45) is 0. The number of nitrogen functional groups attached to an aromatic ring is 1. The van der Waals surface area contributed by atoms with Gasteiger partial charge in [-0.1, -0.05) is 12.1 Å². The number of nitrogens with zero attached hydrogens (tertiary/aromatic N) is 4. The number of aromatic amines is 1. The molecule has 0 aliphatic rings. The van der Waals surface area contributed by atoms with E-state index in [1.807, 2.05) is 18.2 Å². The minimum Gasteiger partial charge on any atom is -0.366 e. The number of fused-ring (bicyclic) bond motifs is 1. The van der Waals surface area contributed by atoms with Crippen LogP contribution < -0.4 is 5.73 Å². The monoisotopic (exact) mass is 256 g/mol. The number of aromatic nitrogens is 5. The van der Waals surface area contributed by atoms with E-state index in [9.17, 15) is 0 Å². The molecule has 98 valence electrons. The van der Waals surface area contributed by atoms with Crippen molar-refractivity contribution in [2.45, 2.75) is 26.3 Å². The number of para-hydroxylation sites is 2. The van der Waals surface area contributed by atoms with E-state index in [-0.39, 0.29) is 11.5 Å². The van der Waals surface area contributed by atoms with E-state index >= 15 is 0 Å². The average molecular weight is 256 g/mol. The third-order valence-corrected chi connectivity index (χ3v) is 2.95. The fourth-order valence-electron chi connectivity index (χ4n) is 2.24. The molecule has 6 nitrogen and oxygen atoms in total. The summed E-state index contributed by atoms with van der Waals surface area (Å²) in [7, 11) is 0. The van der Waals surface area contributed by atoms with Gasteiger partial charge in [-0.3, -0.25) is 5.10 Å². The normalized spacial score (nSPS) is 12.2. The molecule has 0 amide bonds. The van der Waals surface area contributed by atoms with Crippen molar-refractivity contribution < 1.29 is 0 Å². The van der Waals surface area contributed by atoms with Gasteiger partial charge in [-0.25, -0.2) is 4.98 Å². The number of benzene rings is 1. The maximum absolute atomic E-state index is 5.58. The van der Waals surface area contributed by atoms with Crippen LogP contribution in [-0.2, 0) is 5.54 Å². The van der Waals surface area contributed by atoms with Gasteiger partial charge in [0.05, 0.1) is 11.0 Å². The Kier molecular flexibility index (Phi) is 2.35. The number of nitrogens with one attached hydrogen (secondary N) is 1. The lowest BCUT2D eigenvalue weighted by atomic mass is 10.1. The Labute approximate surface area is 110 Å². The maximum atomic E-state index is 5.58. The molecule has 1 aromatic carbocycles. The van der Waals surface area contributed by atoms with E-state index in [0.29, 0.717) is 5.82 Å². The number of hydrogen-bond acceptors (Lipinski definition) is 4. The standard InChI is InChI=1S/C13H16N6/c1-13(2,3)19-9-7-5-4-6-8(9)15-11(19)10-16-12(14)18-17-10/h4-7H,1-3H3,(H3,14,16,17,18). The summed E-state index contributed by atoms with van der Waals surface area (Å²) in [6, 6.07) is 8.02. The van der Waals surface area contributed by atoms with Crippen LogP contribution in [0.1, 0.15) is 20.8 Å². The first kappa shape index (κ1) is 11.7. The van der Waals surface area contributed by atoms with E-state index in [0.717, 1.165) is 16.9 Å². The quantitative estimate of drug-likeness (QED) is 0.698. The molecule has 6 heteroatoms. The molecule has 2 aromatic heterocycles.